The van der Waals surface area contributed by atoms with Crippen molar-refractivity contribution in [1.82, 2.24) is 4.57 Å². The number of ether oxygens (including phenoxy) is 1. The van der Waals surface area contributed by atoms with Gasteiger partial charge in [-0.15, -0.1) is 27.6 Å². The predicted molar refractivity (Wildman–Crippen MR) is 209 cm³/mol. The van der Waals surface area contributed by atoms with E-state index in [2.05, 4.69) is 125 Å². The number of halogens is 2. The third-order valence-corrected chi connectivity index (χ3v) is 15.4. The first-order valence-corrected chi connectivity index (χ1v) is 26.7. The molecule has 1 aliphatic carbocycles. The van der Waals surface area contributed by atoms with Gasteiger partial charge in [0.2, 0.25) is 0 Å². The van der Waals surface area contributed by atoms with Gasteiger partial charge in [-0.05, 0) is 70.2 Å². The van der Waals surface area contributed by atoms with Crippen LogP contribution >= 0.6 is 17.0 Å². The Balaban J connectivity index is 0.00000129. The Bertz CT molecular complexity index is 2020. The molecule has 0 amide bonds. The van der Waals surface area contributed by atoms with E-state index < -0.39 is 28.9 Å². The molecule has 0 fully saturated rings. The Kier molecular flexibility index (Phi) is 11.3. The van der Waals surface area contributed by atoms with Crippen LogP contribution in [0.1, 0.15) is 69.6 Å². The van der Waals surface area contributed by atoms with Crippen LogP contribution in [0.15, 0.2) is 78.9 Å². The molecule has 0 spiro atoms. The predicted octanol–water partition coefficient (Wildman–Crippen LogP) is 11.3. The van der Waals surface area contributed by atoms with Crippen LogP contribution in [0.5, 0.6) is 0 Å². The molecule has 1 aromatic heterocycles. The average molecular weight is 774 g/mol. The molecule has 1 atom stereocenters. The minimum atomic E-state index is -1.97. The van der Waals surface area contributed by atoms with E-state index in [1.807, 2.05) is 0 Å². The van der Waals surface area contributed by atoms with Crippen LogP contribution in [0.3, 0.4) is 0 Å². The second-order valence-corrected chi connectivity index (χ2v) is 22.9. The topological polar surface area (TPSA) is 14.2 Å². The number of benzene rings is 3. The quantitative estimate of drug-likeness (QED) is 0.0768. The van der Waals surface area contributed by atoms with Gasteiger partial charge in [-0.1, -0.05) is 79.7 Å². The van der Waals surface area contributed by atoms with Gasteiger partial charge in [-0.3, -0.25) is 0 Å². The molecule has 6 aromatic rings. The normalized spacial score (nSPS) is 14.2. The van der Waals surface area contributed by atoms with Gasteiger partial charge in [-0.2, -0.15) is 23.4 Å². The molecule has 1 aliphatic rings. The zero-order valence-corrected chi connectivity index (χ0v) is 34.5. The van der Waals surface area contributed by atoms with Crippen molar-refractivity contribution in [1.29, 1.82) is 0 Å². The summed E-state index contributed by atoms with van der Waals surface area (Å²) in [6.45, 7) is 12.4. The Morgan fingerprint density at radius 3 is 2.31 bits per heavy atom. The molecule has 0 N–H and O–H groups in total. The van der Waals surface area contributed by atoms with Crippen LogP contribution in [0.4, 0.5) is 0 Å². The number of aryl methyl sites for hydroxylation is 3. The Morgan fingerprint density at radius 1 is 0.854 bits per heavy atom. The maximum atomic E-state index is 6.00. The molecule has 2 nitrogen and oxygen atoms in total. The Hall–Kier alpha value is -1.94. The van der Waals surface area contributed by atoms with Crippen molar-refractivity contribution in [2.75, 3.05) is 6.61 Å². The minimum absolute atomic E-state index is 0.0424. The van der Waals surface area contributed by atoms with E-state index in [0.29, 0.717) is 0 Å². The molecule has 1 unspecified atom stereocenters. The molecule has 0 saturated heterocycles. The van der Waals surface area contributed by atoms with E-state index in [9.17, 15) is 0 Å². The van der Waals surface area contributed by atoms with Gasteiger partial charge in [0, 0.05) is 43.5 Å². The van der Waals surface area contributed by atoms with Crippen LogP contribution in [-0.2, 0) is 45.5 Å². The van der Waals surface area contributed by atoms with E-state index in [1.165, 1.54) is 93.8 Å². The fourth-order valence-electron chi connectivity index (χ4n) is 8.47. The van der Waals surface area contributed by atoms with E-state index >= 15 is 0 Å². The first-order valence-electron chi connectivity index (χ1n) is 17.6. The number of hydrogen-bond acceptors (Lipinski definition) is 1. The van der Waals surface area contributed by atoms with Crippen LogP contribution in [0, 0.1) is 6.92 Å². The molecule has 250 valence electrons. The van der Waals surface area contributed by atoms with Crippen LogP contribution in [0.25, 0.3) is 43.7 Å². The van der Waals surface area contributed by atoms with Gasteiger partial charge >= 0.3 is 37.9 Å². The van der Waals surface area contributed by atoms with Gasteiger partial charge in [0.15, 0.2) is 0 Å². The third-order valence-electron chi connectivity index (χ3n) is 10.6. The molecule has 0 saturated carbocycles. The summed E-state index contributed by atoms with van der Waals surface area (Å²) in [6.07, 6.45) is 8.60. The monoisotopic (exact) mass is 771 g/mol. The second kappa shape index (κ2) is 15.1. The summed E-state index contributed by atoms with van der Waals surface area (Å²) in [5.41, 5.74) is 10.1. The summed E-state index contributed by atoms with van der Waals surface area (Å²) in [4.78, 5) is 0. The fourth-order valence-corrected chi connectivity index (χ4v) is 12.9. The van der Waals surface area contributed by atoms with E-state index in [0.717, 1.165) is 13.0 Å². The van der Waals surface area contributed by atoms with Gasteiger partial charge in [0.25, 0.3) is 0 Å². The molecule has 0 bridgehead atoms. The molecular weight excluding hydrogens is 725 g/mol. The number of hydrogen-bond donors (Lipinski definition) is 0. The van der Waals surface area contributed by atoms with Crippen LogP contribution in [-0.4, -0.2) is 24.8 Å². The molecule has 1 heterocycles. The fraction of sp³-hybridized carbons (Fsp3) is 0.381. The number of para-hydroxylation sites is 1. The number of nitrogens with zero attached hydrogens (tertiary/aromatic N) is 1. The van der Waals surface area contributed by atoms with Crippen molar-refractivity contribution < 1.29 is 25.6 Å². The van der Waals surface area contributed by atoms with Gasteiger partial charge in [0.05, 0.1) is 5.60 Å². The van der Waals surface area contributed by atoms with Crippen molar-refractivity contribution in [2.45, 2.75) is 90.8 Å². The number of aromatic nitrogens is 1. The molecular formula is C42H49Cl2NOSiZr. The summed E-state index contributed by atoms with van der Waals surface area (Å²) in [5, 5.41) is 9.00. The number of rotatable bonds is 10. The molecule has 5 aromatic carbocycles. The molecule has 6 heteroatoms. The summed E-state index contributed by atoms with van der Waals surface area (Å²) in [5.74, 6) is 0. The van der Waals surface area contributed by atoms with Crippen LogP contribution < -0.4 is 10.4 Å². The number of fused-ring (bicyclic) bond motifs is 5. The summed E-state index contributed by atoms with van der Waals surface area (Å²) < 4.78 is 8.34. The van der Waals surface area contributed by atoms with E-state index in [-0.39, 0.29) is 5.60 Å². The molecule has 0 aliphatic heterocycles. The van der Waals surface area contributed by atoms with E-state index in [1.54, 1.807) is 21.5 Å². The van der Waals surface area contributed by atoms with Gasteiger partial charge in [-0.25, -0.2) is 12.1 Å². The average Bonchev–Trinajstić information content (AvgIpc) is 3.86. The van der Waals surface area contributed by atoms with E-state index in [4.69, 9.17) is 21.8 Å². The van der Waals surface area contributed by atoms with Crippen molar-refractivity contribution in [3.8, 4) is 11.1 Å². The zero-order chi connectivity index (χ0) is 34.1. The van der Waals surface area contributed by atoms with Crippen molar-refractivity contribution in [2.24, 2.45) is 7.05 Å². The zero-order valence-electron chi connectivity index (χ0n) is 29.5. The Morgan fingerprint density at radius 2 is 1.56 bits per heavy atom. The molecule has 0 radical (unpaired) electrons. The van der Waals surface area contributed by atoms with Crippen molar-refractivity contribution in [3.05, 3.63) is 95.6 Å². The third kappa shape index (κ3) is 7.13. The number of unbranched alkanes of at least 4 members (excludes halogenated alkanes) is 3. The van der Waals surface area contributed by atoms with Crippen molar-refractivity contribution in [3.63, 3.8) is 0 Å². The second-order valence-electron chi connectivity index (χ2n) is 14.9. The molecule has 48 heavy (non-hydrogen) atoms. The van der Waals surface area contributed by atoms with Gasteiger partial charge < -0.3 is 9.30 Å². The summed E-state index contributed by atoms with van der Waals surface area (Å²) >= 11 is -0.826. The van der Waals surface area contributed by atoms with Crippen molar-refractivity contribution >= 4 is 68.1 Å². The first-order chi connectivity index (χ1) is 23.1. The Labute approximate surface area is 307 Å². The summed E-state index contributed by atoms with van der Waals surface area (Å²) in [7, 11) is 10.1. The SMILES string of the molecule is Cc1cc2c(-c3ccc4c(c3)c3ccccc3n4C)c3c(cc2[c-]1[Si](C)(CCCCCCOC(C)(C)C)[c-]1cccc1)CCC3.[Cl][Zr+2][Cl]. The first kappa shape index (κ1) is 35.9. The van der Waals surface area contributed by atoms with Crippen LogP contribution in [0.2, 0.25) is 12.6 Å². The maximum absolute atomic E-state index is 6.00. The summed E-state index contributed by atoms with van der Waals surface area (Å²) in [6, 6.07) is 31.9. The molecule has 7 rings (SSSR count). The van der Waals surface area contributed by atoms with Gasteiger partial charge in [0.1, 0.15) is 0 Å². The standard InChI is InChI=1S/C42H49NOSi.2ClH.Zr/c1-29-26-36-37(41(29)45(6,32-17-9-10-18-32)25-14-8-7-13-24-44-42(2,3)4)27-30-16-15-20-33(30)40(36)31-22-23-39-35(28-31)34-19-11-12-21-38(34)43(39)5;;;/h9-12,17-19,21-23,26-28H,7-8,13-16,20,24-25H2,1-6H3;2*1H;/q-2;;;+4/p-2.